The summed E-state index contributed by atoms with van der Waals surface area (Å²) in [5, 5.41) is 12.1. The molecule has 0 atom stereocenters. The number of nitrogens with one attached hydrogen (secondary N) is 1. The predicted octanol–water partition coefficient (Wildman–Crippen LogP) is 3.27. The van der Waals surface area contributed by atoms with Gasteiger partial charge in [-0.2, -0.15) is 5.26 Å². The molecule has 0 aromatic heterocycles. The molecule has 0 heterocycles. The van der Waals surface area contributed by atoms with Gasteiger partial charge in [0, 0.05) is 5.02 Å². The number of hydrogen-bond acceptors (Lipinski definition) is 4. The average molecular weight is 398 g/mol. The summed E-state index contributed by atoms with van der Waals surface area (Å²) >= 11 is 11.8. The highest BCUT2D eigenvalue weighted by molar-refractivity contribution is 7.92. The monoisotopic (exact) mass is 397 g/mol. The Kier molecular flexibility index (Phi) is 5.90. The predicted molar refractivity (Wildman–Crippen MR) is 98.4 cm³/mol. The van der Waals surface area contributed by atoms with E-state index in [4.69, 9.17) is 28.5 Å². The Hall–Kier alpha value is -2.27. The third-order valence-electron chi connectivity index (χ3n) is 3.15. The first-order valence-electron chi connectivity index (χ1n) is 6.93. The van der Waals surface area contributed by atoms with Crippen LogP contribution in [-0.4, -0.2) is 27.1 Å². The van der Waals surface area contributed by atoms with Crippen molar-refractivity contribution in [1.29, 1.82) is 5.26 Å². The highest BCUT2D eigenvalue weighted by atomic mass is 35.5. The van der Waals surface area contributed by atoms with E-state index in [1.807, 2.05) is 6.07 Å². The summed E-state index contributed by atoms with van der Waals surface area (Å²) < 4.78 is 25.0. The zero-order chi connectivity index (χ0) is 18.6. The van der Waals surface area contributed by atoms with Crippen LogP contribution in [0.5, 0.6) is 0 Å². The van der Waals surface area contributed by atoms with E-state index in [-0.39, 0.29) is 22.0 Å². The van der Waals surface area contributed by atoms with Gasteiger partial charge in [0.05, 0.1) is 34.3 Å². The van der Waals surface area contributed by atoms with Crippen LogP contribution in [0.1, 0.15) is 5.56 Å². The van der Waals surface area contributed by atoms with Gasteiger partial charge in [0.2, 0.25) is 15.9 Å². The van der Waals surface area contributed by atoms with Gasteiger partial charge in [-0.1, -0.05) is 29.3 Å². The summed E-state index contributed by atoms with van der Waals surface area (Å²) in [7, 11) is -3.74. The van der Waals surface area contributed by atoms with Crippen LogP contribution in [0.4, 0.5) is 11.4 Å². The van der Waals surface area contributed by atoms with Crippen molar-refractivity contribution in [2.24, 2.45) is 0 Å². The van der Waals surface area contributed by atoms with Gasteiger partial charge in [0.1, 0.15) is 6.54 Å². The largest absolute Gasteiger partial charge is 0.323 e. The standard InChI is InChI=1S/C16H13Cl2N3O3S/c1-25(23,24)21(13-4-2-3-11(7-13)9-19)10-16(22)20-15-8-12(17)5-6-14(15)18/h2-8H,10H2,1H3,(H,20,22). The minimum absolute atomic E-state index is 0.217. The van der Waals surface area contributed by atoms with Gasteiger partial charge in [0.15, 0.2) is 0 Å². The van der Waals surface area contributed by atoms with E-state index in [1.165, 1.54) is 36.4 Å². The van der Waals surface area contributed by atoms with Gasteiger partial charge in [-0.15, -0.1) is 0 Å². The lowest BCUT2D eigenvalue weighted by Gasteiger charge is -2.22. The molecule has 0 radical (unpaired) electrons. The van der Waals surface area contributed by atoms with Crippen LogP contribution in [0.3, 0.4) is 0 Å². The van der Waals surface area contributed by atoms with Gasteiger partial charge in [0.25, 0.3) is 0 Å². The number of benzene rings is 2. The molecule has 9 heteroatoms. The fraction of sp³-hybridized carbons (Fsp3) is 0.125. The van der Waals surface area contributed by atoms with E-state index >= 15 is 0 Å². The molecule has 1 N–H and O–H groups in total. The second-order valence-corrected chi connectivity index (χ2v) is 7.85. The quantitative estimate of drug-likeness (QED) is 0.837. The Balaban J connectivity index is 2.27. The van der Waals surface area contributed by atoms with E-state index in [2.05, 4.69) is 5.32 Å². The van der Waals surface area contributed by atoms with Crippen molar-refractivity contribution < 1.29 is 13.2 Å². The summed E-state index contributed by atoms with van der Waals surface area (Å²) in [6, 6.07) is 12.4. The Morgan fingerprint density at radius 1 is 1.24 bits per heavy atom. The summed E-state index contributed by atoms with van der Waals surface area (Å²) in [5.41, 5.74) is 0.775. The Morgan fingerprint density at radius 3 is 2.60 bits per heavy atom. The van der Waals surface area contributed by atoms with E-state index in [0.717, 1.165) is 10.6 Å². The molecule has 0 aliphatic heterocycles. The molecule has 2 rings (SSSR count). The highest BCUT2D eigenvalue weighted by Gasteiger charge is 2.21. The topological polar surface area (TPSA) is 90.3 Å². The molecule has 0 aliphatic carbocycles. The molecular formula is C16H13Cl2N3O3S. The van der Waals surface area contributed by atoms with Crippen molar-refractivity contribution in [3.8, 4) is 6.07 Å². The fourth-order valence-electron chi connectivity index (χ4n) is 2.04. The van der Waals surface area contributed by atoms with E-state index in [0.29, 0.717) is 5.02 Å². The van der Waals surface area contributed by atoms with Crippen molar-refractivity contribution >= 4 is 50.5 Å². The Morgan fingerprint density at radius 2 is 1.96 bits per heavy atom. The van der Waals surface area contributed by atoms with Crippen LogP contribution in [0.2, 0.25) is 10.0 Å². The Bertz CT molecular complexity index is 955. The summed E-state index contributed by atoms with van der Waals surface area (Å²) in [6.45, 7) is -0.476. The first-order valence-corrected chi connectivity index (χ1v) is 9.54. The third-order valence-corrected chi connectivity index (χ3v) is 4.86. The number of carbonyl (C=O) groups excluding carboxylic acids is 1. The van der Waals surface area contributed by atoms with E-state index in [1.54, 1.807) is 6.07 Å². The molecule has 1 amide bonds. The van der Waals surface area contributed by atoms with Gasteiger partial charge < -0.3 is 5.32 Å². The second kappa shape index (κ2) is 7.74. The van der Waals surface area contributed by atoms with Gasteiger partial charge in [-0.3, -0.25) is 9.10 Å². The maximum atomic E-state index is 12.3. The molecule has 0 fully saturated rings. The highest BCUT2D eigenvalue weighted by Crippen LogP contribution is 2.26. The van der Waals surface area contributed by atoms with Crippen molar-refractivity contribution in [2.45, 2.75) is 0 Å². The van der Waals surface area contributed by atoms with Crippen LogP contribution in [-0.2, 0) is 14.8 Å². The fourth-order valence-corrected chi connectivity index (χ4v) is 3.23. The molecule has 0 saturated heterocycles. The molecule has 0 aliphatic rings. The lowest BCUT2D eigenvalue weighted by Crippen LogP contribution is -2.37. The first kappa shape index (κ1) is 19.1. The maximum Gasteiger partial charge on any atom is 0.245 e. The normalized spacial score (nSPS) is 10.8. The number of rotatable bonds is 5. The van der Waals surface area contributed by atoms with Crippen molar-refractivity contribution in [3.05, 3.63) is 58.1 Å². The van der Waals surface area contributed by atoms with Crippen LogP contribution in [0.15, 0.2) is 42.5 Å². The van der Waals surface area contributed by atoms with Gasteiger partial charge in [-0.25, -0.2) is 8.42 Å². The molecule has 0 spiro atoms. The smallest absolute Gasteiger partial charge is 0.245 e. The van der Waals surface area contributed by atoms with Crippen LogP contribution < -0.4 is 9.62 Å². The molecule has 0 unspecified atom stereocenters. The number of hydrogen-bond donors (Lipinski definition) is 1. The van der Waals surface area contributed by atoms with E-state index < -0.39 is 22.5 Å². The molecule has 130 valence electrons. The minimum atomic E-state index is -3.74. The lowest BCUT2D eigenvalue weighted by atomic mass is 10.2. The summed E-state index contributed by atoms with van der Waals surface area (Å²) in [6.07, 6.45) is 0.978. The number of amides is 1. The first-order chi connectivity index (χ1) is 11.7. The number of carbonyl (C=O) groups is 1. The van der Waals surface area contributed by atoms with Crippen molar-refractivity contribution in [1.82, 2.24) is 0 Å². The number of nitriles is 1. The molecular weight excluding hydrogens is 385 g/mol. The summed E-state index contributed by atoms with van der Waals surface area (Å²) in [4.78, 5) is 12.3. The van der Waals surface area contributed by atoms with Crippen molar-refractivity contribution in [2.75, 3.05) is 22.4 Å². The van der Waals surface area contributed by atoms with Gasteiger partial charge in [-0.05, 0) is 36.4 Å². The molecule has 0 saturated carbocycles. The average Bonchev–Trinajstić information content (AvgIpc) is 2.55. The molecule has 2 aromatic carbocycles. The van der Waals surface area contributed by atoms with Crippen LogP contribution in [0, 0.1) is 11.3 Å². The zero-order valence-corrected chi connectivity index (χ0v) is 15.4. The number of halogens is 2. The second-order valence-electron chi connectivity index (χ2n) is 5.10. The third kappa shape index (κ3) is 5.10. The minimum Gasteiger partial charge on any atom is -0.323 e. The number of nitrogens with zero attached hydrogens (tertiary/aromatic N) is 2. The van der Waals surface area contributed by atoms with Crippen molar-refractivity contribution in [3.63, 3.8) is 0 Å². The maximum absolute atomic E-state index is 12.3. The molecule has 25 heavy (non-hydrogen) atoms. The van der Waals surface area contributed by atoms with Crippen LogP contribution in [0.25, 0.3) is 0 Å². The zero-order valence-electron chi connectivity index (χ0n) is 13.0. The lowest BCUT2D eigenvalue weighted by molar-refractivity contribution is -0.114. The van der Waals surface area contributed by atoms with Gasteiger partial charge >= 0.3 is 0 Å². The Labute approximate surface area is 155 Å². The summed E-state index contributed by atoms with van der Waals surface area (Å²) in [5.74, 6) is -0.600. The number of sulfonamides is 1. The van der Waals surface area contributed by atoms with Crippen LogP contribution >= 0.6 is 23.2 Å². The number of anilines is 2. The molecule has 0 bridgehead atoms. The molecule has 2 aromatic rings. The SMILES string of the molecule is CS(=O)(=O)N(CC(=O)Nc1cc(Cl)ccc1Cl)c1cccc(C#N)c1. The van der Waals surface area contributed by atoms with E-state index in [9.17, 15) is 13.2 Å². The molecule has 6 nitrogen and oxygen atoms in total.